The summed E-state index contributed by atoms with van der Waals surface area (Å²) in [5.41, 5.74) is 2.55. The molecule has 2 rings (SSSR count). The number of hydrogen-bond acceptors (Lipinski definition) is 4. The number of fused-ring (bicyclic) bond motifs is 1. The summed E-state index contributed by atoms with van der Waals surface area (Å²) in [6.07, 6.45) is 0. The molecule has 1 heterocycles. The van der Waals surface area contributed by atoms with E-state index >= 15 is 0 Å². The molecule has 0 radical (unpaired) electrons. The summed E-state index contributed by atoms with van der Waals surface area (Å²) in [5, 5.41) is 0. The first-order chi connectivity index (χ1) is 6.09. The fraction of sp³-hybridized carbons (Fsp3) is 0. The smallest absolute Gasteiger partial charge is 0.337 e. The Morgan fingerprint density at radius 2 is 2.08 bits per heavy atom. The van der Waals surface area contributed by atoms with Gasteiger partial charge in [-0.05, 0) is 17.7 Å². The van der Waals surface area contributed by atoms with Crippen molar-refractivity contribution in [2.24, 2.45) is 0 Å². The van der Waals surface area contributed by atoms with Crippen LogP contribution in [0.15, 0.2) is 24.3 Å². The van der Waals surface area contributed by atoms with Crippen molar-refractivity contribution in [3.8, 4) is 5.75 Å². The van der Waals surface area contributed by atoms with E-state index < -0.39 is 9.24 Å². The zero-order chi connectivity index (χ0) is 9.47. The minimum atomic E-state index is -3.85. The summed E-state index contributed by atoms with van der Waals surface area (Å²) in [6.45, 7) is 0. The molecule has 70 valence electrons. The number of nitrogens with one attached hydrogen (secondary N) is 1. The number of benzene rings is 1. The topological polar surface area (TPSA) is 58.6 Å². The standard InChI is InChI=1S/C6H5ClN2O3S/c7-13(10,11)9-5-3-1-2-4-6(5)12-8-9/h1-4,8H. The number of anilines is 1. The molecule has 1 N–H and O–H groups in total. The lowest BCUT2D eigenvalue weighted by Crippen LogP contribution is -2.37. The summed E-state index contributed by atoms with van der Waals surface area (Å²) >= 11 is 0. The Balaban J connectivity index is 2.51. The van der Waals surface area contributed by atoms with E-state index in [1.807, 2.05) is 0 Å². The van der Waals surface area contributed by atoms with Crippen LogP contribution in [0, 0.1) is 0 Å². The molecule has 1 aliphatic rings. The molecule has 0 saturated carbocycles. The highest BCUT2D eigenvalue weighted by molar-refractivity contribution is 8.14. The van der Waals surface area contributed by atoms with E-state index in [9.17, 15) is 8.42 Å². The maximum atomic E-state index is 10.9. The van der Waals surface area contributed by atoms with Crippen LogP contribution in [-0.4, -0.2) is 8.42 Å². The van der Waals surface area contributed by atoms with Gasteiger partial charge in [0.05, 0.1) is 0 Å². The van der Waals surface area contributed by atoms with Crippen molar-refractivity contribution in [1.82, 2.24) is 5.59 Å². The van der Waals surface area contributed by atoms with Gasteiger partial charge in [0, 0.05) is 10.7 Å². The SMILES string of the molecule is O=S(=O)(Cl)N1NOc2ccccc21. The van der Waals surface area contributed by atoms with Gasteiger partial charge in [0.1, 0.15) is 5.69 Å². The van der Waals surface area contributed by atoms with Gasteiger partial charge in [-0.1, -0.05) is 12.1 Å². The molecular weight excluding hydrogens is 216 g/mol. The van der Waals surface area contributed by atoms with Gasteiger partial charge < -0.3 is 4.84 Å². The Kier molecular flexibility index (Phi) is 1.83. The molecule has 0 amide bonds. The molecule has 0 bridgehead atoms. The molecule has 1 aromatic carbocycles. The Morgan fingerprint density at radius 3 is 2.77 bits per heavy atom. The van der Waals surface area contributed by atoms with Crippen molar-refractivity contribution in [2.45, 2.75) is 0 Å². The highest BCUT2D eigenvalue weighted by Crippen LogP contribution is 2.33. The van der Waals surface area contributed by atoms with Gasteiger partial charge in [-0.15, -0.1) is 0 Å². The molecule has 0 saturated heterocycles. The Morgan fingerprint density at radius 1 is 1.38 bits per heavy atom. The lowest BCUT2D eigenvalue weighted by atomic mass is 10.3. The van der Waals surface area contributed by atoms with Crippen molar-refractivity contribution in [3.63, 3.8) is 0 Å². The normalized spacial score (nSPS) is 15.3. The highest BCUT2D eigenvalue weighted by Gasteiger charge is 2.29. The van der Waals surface area contributed by atoms with Gasteiger partial charge >= 0.3 is 9.24 Å². The number of nitrogens with zero attached hydrogens (tertiary/aromatic N) is 1. The van der Waals surface area contributed by atoms with Crippen LogP contribution >= 0.6 is 10.7 Å². The zero-order valence-corrected chi connectivity index (χ0v) is 7.84. The van der Waals surface area contributed by atoms with Gasteiger partial charge in [0.15, 0.2) is 5.75 Å². The van der Waals surface area contributed by atoms with E-state index in [4.69, 9.17) is 15.5 Å². The average Bonchev–Trinajstić information content (AvgIpc) is 2.45. The van der Waals surface area contributed by atoms with Gasteiger partial charge in [-0.25, -0.2) is 0 Å². The van der Waals surface area contributed by atoms with Gasteiger partial charge in [-0.3, -0.25) is 0 Å². The van der Waals surface area contributed by atoms with E-state index in [1.165, 1.54) is 0 Å². The minimum Gasteiger partial charge on any atom is -0.386 e. The molecule has 0 fully saturated rings. The molecule has 0 atom stereocenters. The molecule has 0 spiro atoms. The van der Waals surface area contributed by atoms with Crippen molar-refractivity contribution in [3.05, 3.63) is 24.3 Å². The molecule has 7 heteroatoms. The summed E-state index contributed by atoms with van der Waals surface area (Å²) in [4.78, 5) is 4.85. The molecular formula is C6H5ClN2O3S. The van der Waals surface area contributed by atoms with Crippen LogP contribution in [0.4, 0.5) is 5.69 Å². The summed E-state index contributed by atoms with van der Waals surface area (Å²) in [5.74, 6) is 0.423. The largest absolute Gasteiger partial charge is 0.386 e. The van der Waals surface area contributed by atoms with Crippen LogP contribution in [0.3, 0.4) is 0 Å². The van der Waals surface area contributed by atoms with E-state index in [-0.39, 0.29) is 0 Å². The first-order valence-electron chi connectivity index (χ1n) is 3.35. The molecule has 0 aromatic heterocycles. The Bertz CT molecular complexity index is 433. The van der Waals surface area contributed by atoms with Crippen LogP contribution < -0.4 is 14.8 Å². The van der Waals surface area contributed by atoms with E-state index in [0.29, 0.717) is 11.4 Å². The predicted molar refractivity (Wildman–Crippen MR) is 47.5 cm³/mol. The third kappa shape index (κ3) is 1.43. The fourth-order valence-electron chi connectivity index (χ4n) is 1.01. The van der Waals surface area contributed by atoms with Crippen LogP contribution in [0.1, 0.15) is 0 Å². The van der Waals surface area contributed by atoms with Crippen molar-refractivity contribution < 1.29 is 13.3 Å². The fourth-order valence-corrected chi connectivity index (χ4v) is 1.83. The van der Waals surface area contributed by atoms with Crippen molar-refractivity contribution in [1.29, 1.82) is 0 Å². The van der Waals surface area contributed by atoms with Gasteiger partial charge in [0.25, 0.3) is 0 Å². The predicted octanol–water partition coefficient (Wildman–Crippen LogP) is 0.789. The van der Waals surface area contributed by atoms with E-state index in [0.717, 1.165) is 4.41 Å². The molecule has 5 nitrogen and oxygen atoms in total. The molecule has 0 unspecified atom stereocenters. The summed E-state index contributed by atoms with van der Waals surface area (Å²) in [6, 6.07) is 6.62. The lowest BCUT2D eigenvalue weighted by Gasteiger charge is -2.09. The van der Waals surface area contributed by atoms with E-state index in [1.54, 1.807) is 24.3 Å². The second-order valence-electron chi connectivity index (χ2n) is 2.37. The zero-order valence-electron chi connectivity index (χ0n) is 6.27. The third-order valence-corrected chi connectivity index (χ3v) is 2.66. The Hall–Kier alpha value is -0.980. The van der Waals surface area contributed by atoms with Gasteiger partial charge in [0.2, 0.25) is 0 Å². The van der Waals surface area contributed by atoms with Crippen molar-refractivity contribution in [2.75, 3.05) is 4.41 Å². The number of hydrogen-bond donors (Lipinski definition) is 1. The second-order valence-corrected chi connectivity index (χ2v) is 4.73. The first-order valence-corrected chi connectivity index (χ1v) is 5.62. The second kappa shape index (κ2) is 2.76. The van der Waals surface area contributed by atoms with Crippen LogP contribution in [0.25, 0.3) is 0 Å². The van der Waals surface area contributed by atoms with Crippen molar-refractivity contribution >= 4 is 25.6 Å². The molecule has 0 aliphatic carbocycles. The highest BCUT2D eigenvalue weighted by atomic mass is 35.7. The lowest BCUT2D eigenvalue weighted by molar-refractivity contribution is 0.231. The first kappa shape index (κ1) is 8.61. The number of hydrazine groups is 1. The number of rotatable bonds is 1. The maximum Gasteiger partial charge on any atom is 0.337 e. The number of halogens is 1. The Labute approximate surface area is 79.3 Å². The average molecular weight is 221 g/mol. The number of para-hydroxylation sites is 2. The van der Waals surface area contributed by atoms with Gasteiger partial charge in [-0.2, -0.15) is 12.8 Å². The summed E-state index contributed by atoms with van der Waals surface area (Å²) in [7, 11) is 1.28. The van der Waals surface area contributed by atoms with Crippen LogP contribution in [0.2, 0.25) is 0 Å². The summed E-state index contributed by atoms with van der Waals surface area (Å²) < 4.78 is 22.6. The molecule has 13 heavy (non-hydrogen) atoms. The molecule has 1 aliphatic heterocycles. The molecule has 1 aromatic rings. The van der Waals surface area contributed by atoms with Crippen LogP contribution in [0.5, 0.6) is 5.75 Å². The third-order valence-electron chi connectivity index (χ3n) is 1.54. The quantitative estimate of drug-likeness (QED) is 0.711. The monoisotopic (exact) mass is 220 g/mol. The van der Waals surface area contributed by atoms with Crippen LogP contribution in [-0.2, 0) is 9.24 Å². The van der Waals surface area contributed by atoms with E-state index in [2.05, 4.69) is 5.59 Å². The minimum absolute atomic E-state index is 0.373. The maximum absolute atomic E-state index is 10.9.